The van der Waals surface area contributed by atoms with Crippen LogP contribution in [0.1, 0.15) is 37.9 Å². The zero-order chi connectivity index (χ0) is 19.2. The first-order valence-corrected chi connectivity index (χ1v) is 9.99. The molecule has 2 aromatic carbocycles. The molecular weight excluding hydrogens is 334 g/mol. The molecule has 4 nitrogen and oxygen atoms in total. The molecular formula is C23H31N3O. The molecule has 0 spiro atoms. The summed E-state index contributed by atoms with van der Waals surface area (Å²) in [4.78, 5) is 5.11. The van der Waals surface area contributed by atoms with E-state index in [0.717, 1.165) is 37.6 Å². The maximum atomic E-state index is 6.36. The first-order chi connectivity index (χ1) is 12.8. The van der Waals surface area contributed by atoms with Crippen molar-refractivity contribution in [2.45, 2.75) is 39.3 Å². The van der Waals surface area contributed by atoms with Gasteiger partial charge in [0.2, 0.25) is 0 Å². The van der Waals surface area contributed by atoms with Crippen LogP contribution < -0.4 is 15.4 Å². The number of nitrogen functional groups attached to an aromatic ring is 1. The molecule has 0 aliphatic carbocycles. The van der Waals surface area contributed by atoms with Gasteiger partial charge in [-0.3, -0.25) is 4.90 Å². The van der Waals surface area contributed by atoms with Crippen LogP contribution in [0.3, 0.4) is 0 Å². The second-order valence-corrected chi connectivity index (χ2v) is 8.59. The van der Waals surface area contributed by atoms with E-state index >= 15 is 0 Å². The van der Waals surface area contributed by atoms with Gasteiger partial charge in [-0.15, -0.1) is 0 Å². The van der Waals surface area contributed by atoms with Gasteiger partial charge in [-0.25, -0.2) is 0 Å². The number of benzene rings is 2. The summed E-state index contributed by atoms with van der Waals surface area (Å²) in [6, 6.07) is 15.3. The van der Waals surface area contributed by atoms with Crippen molar-refractivity contribution in [1.29, 1.82) is 0 Å². The van der Waals surface area contributed by atoms with Gasteiger partial charge in [0.15, 0.2) is 0 Å². The maximum Gasteiger partial charge on any atom is 0.124 e. The minimum absolute atomic E-state index is 0.166. The molecule has 2 heterocycles. The van der Waals surface area contributed by atoms with E-state index in [1.54, 1.807) is 0 Å². The number of fused-ring (bicyclic) bond motifs is 1. The van der Waals surface area contributed by atoms with Crippen LogP contribution in [-0.4, -0.2) is 36.7 Å². The Hall–Kier alpha value is -2.20. The number of nitrogens with two attached hydrogens (primary N) is 1. The molecule has 2 aliphatic rings. The molecule has 27 heavy (non-hydrogen) atoms. The molecule has 1 unspecified atom stereocenters. The molecule has 144 valence electrons. The van der Waals surface area contributed by atoms with Crippen molar-refractivity contribution in [3.63, 3.8) is 0 Å². The van der Waals surface area contributed by atoms with Crippen molar-refractivity contribution in [1.82, 2.24) is 4.90 Å². The molecule has 2 atom stereocenters. The molecule has 0 bridgehead atoms. The highest BCUT2D eigenvalue weighted by Gasteiger charge is 2.44. The van der Waals surface area contributed by atoms with Gasteiger partial charge >= 0.3 is 0 Å². The third kappa shape index (κ3) is 3.39. The molecule has 0 radical (unpaired) electrons. The highest BCUT2D eigenvalue weighted by Crippen LogP contribution is 2.47. The zero-order valence-corrected chi connectivity index (χ0v) is 16.9. The Kier molecular flexibility index (Phi) is 4.55. The molecule has 0 saturated carbocycles. The first-order valence-electron chi connectivity index (χ1n) is 9.99. The van der Waals surface area contributed by atoms with Gasteiger partial charge in [0.1, 0.15) is 11.4 Å². The van der Waals surface area contributed by atoms with E-state index in [1.807, 2.05) is 12.1 Å². The number of hydrogen-bond donors (Lipinski definition) is 1. The lowest BCUT2D eigenvalue weighted by Gasteiger charge is -2.49. The Balaban J connectivity index is 1.56. The summed E-state index contributed by atoms with van der Waals surface area (Å²) < 4.78 is 6.36. The van der Waals surface area contributed by atoms with Crippen LogP contribution in [0.2, 0.25) is 0 Å². The van der Waals surface area contributed by atoms with E-state index in [-0.39, 0.29) is 5.60 Å². The molecule has 2 aromatic rings. The first kappa shape index (κ1) is 18.2. The molecule has 0 aromatic heterocycles. The van der Waals surface area contributed by atoms with Crippen LogP contribution in [0.4, 0.5) is 11.4 Å². The van der Waals surface area contributed by atoms with Crippen LogP contribution in [0.15, 0.2) is 42.5 Å². The topological polar surface area (TPSA) is 41.7 Å². The molecule has 4 rings (SSSR count). The Labute approximate surface area is 162 Å². The second-order valence-electron chi connectivity index (χ2n) is 8.59. The summed E-state index contributed by atoms with van der Waals surface area (Å²) in [5.74, 6) is 1.48. The predicted molar refractivity (Wildman–Crippen MR) is 112 cm³/mol. The number of anilines is 2. The number of aryl methyl sites for hydroxylation is 1. The smallest absolute Gasteiger partial charge is 0.124 e. The molecule has 1 fully saturated rings. The average molecular weight is 366 g/mol. The average Bonchev–Trinajstić information content (AvgIpc) is 2.64. The minimum atomic E-state index is -0.166. The summed E-state index contributed by atoms with van der Waals surface area (Å²) in [6.45, 7) is 13.1. The van der Waals surface area contributed by atoms with Crippen LogP contribution in [0, 0.1) is 12.8 Å². The van der Waals surface area contributed by atoms with Crippen molar-refractivity contribution in [3.05, 3.63) is 53.6 Å². The molecule has 0 amide bonds. The van der Waals surface area contributed by atoms with Crippen LogP contribution in [-0.2, 0) is 0 Å². The Bertz CT molecular complexity index is 807. The standard InChI is InChI=1S/C23H31N3O/c1-16-5-10-21-20(15-16)22(17(2)23(3,4)27-21)26-13-11-25(12-14-26)19-8-6-18(24)7-9-19/h5-10,15,17,22H,11-14,24H2,1-4H3/t17-,22?/m0/s1. The van der Waals surface area contributed by atoms with Gasteiger partial charge in [-0.05, 0) is 51.1 Å². The van der Waals surface area contributed by atoms with Crippen LogP contribution >= 0.6 is 0 Å². The lowest BCUT2D eigenvalue weighted by molar-refractivity contribution is -0.0261. The lowest BCUT2D eigenvalue weighted by Crippen LogP contribution is -2.54. The van der Waals surface area contributed by atoms with E-state index in [0.29, 0.717) is 12.0 Å². The normalized spacial score (nSPS) is 25.0. The fourth-order valence-corrected chi connectivity index (χ4v) is 4.47. The van der Waals surface area contributed by atoms with Gasteiger partial charge < -0.3 is 15.4 Å². The predicted octanol–water partition coefficient (Wildman–Crippen LogP) is 4.25. The fourth-order valence-electron chi connectivity index (χ4n) is 4.47. The van der Waals surface area contributed by atoms with Gasteiger partial charge in [0, 0.05) is 55.1 Å². The SMILES string of the molecule is Cc1ccc2c(c1)C(N1CCN(c3ccc(N)cc3)CC1)[C@H](C)C(C)(C)O2. The van der Waals surface area contributed by atoms with Crippen molar-refractivity contribution in [3.8, 4) is 5.75 Å². The van der Waals surface area contributed by atoms with Crippen molar-refractivity contribution in [2.24, 2.45) is 5.92 Å². The third-order valence-corrected chi connectivity index (χ3v) is 6.39. The highest BCUT2D eigenvalue weighted by atomic mass is 16.5. The van der Waals surface area contributed by atoms with E-state index in [2.05, 4.69) is 67.8 Å². The zero-order valence-electron chi connectivity index (χ0n) is 16.9. The number of rotatable bonds is 2. The molecule has 1 saturated heterocycles. The Morgan fingerprint density at radius 2 is 1.67 bits per heavy atom. The molecule has 2 aliphatic heterocycles. The van der Waals surface area contributed by atoms with E-state index in [1.165, 1.54) is 16.8 Å². The summed E-state index contributed by atoms with van der Waals surface area (Å²) in [7, 11) is 0. The van der Waals surface area contributed by atoms with Gasteiger partial charge in [-0.2, -0.15) is 0 Å². The minimum Gasteiger partial charge on any atom is -0.487 e. The number of ether oxygens (including phenoxy) is 1. The Morgan fingerprint density at radius 1 is 1.00 bits per heavy atom. The van der Waals surface area contributed by atoms with E-state index in [4.69, 9.17) is 10.5 Å². The van der Waals surface area contributed by atoms with Crippen LogP contribution in [0.25, 0.3) is 0 Å². The highest BCUT2D eigenvalue weighted by molar-refractivity contribution is 5.53. The largest absolute Gasteiger partial charge is 0.487 e. The lowest BCUT2D eigenvalue weighted by atomic mass is 9.78. The van der Waals surface area contributed by atoms with E-state index < -0.39 is 0 Å². The molecule has 2 N–H and O–H groups in total. The number of hydrogen-bond acceptors (Lipinski definition) is 4. The second kappa shape index (κ2) is 6.75. The van der Waals surface area contributed by atoms with E-state index in [9.17, 15) is 0 Å². The third-order valence-electron chi connectivity index (χ3n) is 6.39. The quantitative estimate of drug-likeness (QED) is 0.808. The number of nitrogens with zero attached hydrogens (tertiary/aromatic N) is 2. The number of piperazine rings is 1. The summed E-state index contributed by atoms with van der Waals surface area (Å²) in [6.07, 6.45) is 0. The summed E-state index contributed by atoms with van der Waals surface area (Å²) >= 11 is 0. The van der Waals surface area contributed by atoms with Gasteiger partial charge in [-0.1, -0.05) is 24.6 Å². The monoisotopic (exact) mass is 365 g/mol. The maximum absolute atomic E-state index is 6.36. The summed E-state index contributed by atoms with van der Waals surface area (Å²) in [5.41, 5.74) is 10.4. The molecule has 4 heteroatoms. The van der Waals surface area contributed by atoms with Gasteiger partial charge in [0.05, 0.1) is 0 Å². The van der Waals surface area contributed by atoms with Crippen LogP contribution in [0.5, 0.6) is 5.75 Å². The van der Waals surface area contributed by atoms with Crippen molar-refractivity contribution < 1.29 is 4.74 Å². The fraction of sp³-hybridized carbons (Fsp3) is 0.478. The van der Waals surface area contributed by atoms with Crippen molar-refractivity contribution >= 4 is 11.4 Å². The van der Waals surface area contributed by atoms with Crippen molar-refractivity contribution in [2.75, 3.05) is 36.8 Å². The van der Waals surface area contributed by atoms with Gasteiger partial charge in [0.25, 0.3) is 0 Å². The summed E-state index contributed by atoms with van der Waals surface area (Å²) in [5, 5.41) is 0. The Morgan fingerprint density at radius 3 is 2.33 bits per heavy atom.